The molecule has 0 saturated carbocycles. The highest BCUT2D eigenvalue weighted by molar-refractivity contribution is 7.91. The Bertz CT molecular complexity index is 1290. The van der Waals surface area contributed by atoms with E-state index in [4.69, 9.17) is 30.5 Å². The molecule has 3 aliphatic rings. The van der Waals surface area contributed by atoms with Gasteiger partial charge in [0.05, 0.1) is 54.4 Å². The Morgan fingerprint density at radius 3 is 2.37 bits per heavy atom. The summed E-state index contributed by atoms with van der Waals surface area (Å²) < 4.78 is 51.6. The summed E-state index contributed by atoms with van der Waals surface area (Å²) in [4.78, 5) is 0.346. The predicted octanol–water partition coefficient (Wildman–Crippen LogP) is 8.46. The van der Waals surface area contributed by atoms with E-state index in [1.165, 1.54) is 0 Å². The summed E-state index contributed by atoms with van der Waals surface area (Å²) in [6, 6.07) is 7.22. The van der Waals surface area contributed by atoms with Gasteiger partial charge in [-0.3, -0.25) is 0 Å². The van der Waals surface area contributed by atoms with Gasteiger partial charge in [-0.25, -0.2) is 8.42 Å². The van der Waals surface area contributed by atoms with Gasteiger partial charge in [0, 0.05) is 24.1 Å². The van der Waals surface area contributed by atoms with Crippen molar-refractivity contribution in [2.75, 3.05) is 19.0 Å². The van der Waals surface area contributed by atoms with Crippen LogP contribution < -0.4 is 0 Å². The number of aryl methyl sites for hydroxylation is 1. The van der Waals surface area contributed by atoms with Gasteiger partial charge in [-0.1, -0.05) is 66.3 Å². The summed E-state index contributed by atoms with van der Waals surface area (Å²) in [7, 11) is -3.54. The highest BCUT2D eigenvalue weighted by Gasteiger charge is 2.45. The largest absolute Gasteiger partial charge is 0.389 e. The molecule has 0 aliphatic carbocycles. The van der Waals surface area contributed by atoms with Crippen molar-refractivity contribution in [2.24, 2.45) is 23.7 Å². The van der Waals surface area contributed by atoms with Gasteiger partial charge in [0.1, 0.15) is 0 Å². The number of hydrogen-bond acceptors (Lipinski definition) is 7. The molecule has 0 bridgehead atoms. The van der Waals surface area contributed by atoms with Gasteiger partial charge in [-0.05, 0) is 98.0 Å². The van der Waals surface area contributed by atoms with Crippen molar-refractivity contribution < 1.29 is 32.5 Å². The quantitative estimate of drug-likeness (QED) is 0.113. The lowest BCUT2D eigenvalue weighted by Gasteiger charge is -2.27. The zero-order chi connectivity index (χ0) is 35.7. The number of ether oxygens (including phenoxy) is 4. The van der Waals surface area contributed by atoms with Gasteiger partial charge in [0.2, 0.25) is 0 Å². The molecule has 0 unspecified atom stereocenters. The smallest absolute Gasteiger partial charge is 0.178 e. The number of aliphatic hydroxyl groups is 1. The Morgan fingerprint density at radius 1 is 1.02 bits per heavy atom. The molecule has 1 aromatic carbocycles. The zero-order valence-corrected chi connectivity index (χ0v) is 32.2. The second-order valence-electron chi connectivity index (χ2n) is 15.1. The molecule has 49 heavy (non-hydrogen) atoms. The van der Waals surface area contributed by atoms with Crippen molar-refractivity contribution in [1.29, 1.82) is 0 Å². The molecule has 278 valence electrons. The molecular weight excluding hydrogens is 660 g/mol. The van der Waals surface area contributed by atoms with Crippen molar-refractivity contribution in [1.82, 2.24) is 0 Å². The van der Waals surface area contributed by atoms with E-state index in [9.17, 15) is 13.5 Å². The average molecular weight is 723 g/mol. The second-order valence-corrected chi connectivity index (χ2v) is 17.8. The van der Waals surface area contributed by atoms with Crippen molar-refractivity contribution in [3.05, 3.63) is 54.1 Å². The van der Waals surface area contributed by atoms with Crippen molar-refractivity contribution in [3.8, 4) is 0 Å². The van der Waals surface area contributed by atoms with Crippen LogP contribution in [-0.4, -0.2) is 74.7 Å². The summed E-state index contributed by atoms with van der Waals surface area (Å²) in [6.07, 6.45) is 7.66. The number of rotatable bonds is 19. The fraction of sp³-hybridized carbons (Fsp3) is 0.750. The van der Waals surface area contributed by atoms with Crippen LogP contribution in [0.1, 0.15) is 104 Å². The van der Waals surface area contributed by atoms with Gasteiger partial charge in [0.15, 0.2) is 16.1 Å². The third-order valence-corrected chi connectivity index (χ3v) is 13.5. The highest BCUT2D eigenvalue weighted by atomic mass is 35.5. The highest BCUT2D eigenvalue weighted by Crippen LogP contribution is 2.41. The molecule has 1 N–H and O–H groups in total. The number of sulfone groups is 1. The minimum atomic E-state index is -3.54. The van der Waals surface area contributed by atoms with E-state index in [-0.39, 0.29) is 59.6 Å². The Morgan fingerprint density at radius 2 is 1.71 bits per heavy atom. The van der Waals surface area contributed by atoms with Gasteiger partial charge < -0.3 is 24.1 Å². The maximum Gasteiger partial charge on any atom is 0.178 e. The van der Waals surface area contributed by atoms with Crippen LogP contribution in [0.3, 0.4) is 0 Å². The Hall–Kier alpha value is -1.26. The lowest BCUT2D eigenvalue weighted by molar-refractivity contribution is -0.184. The lowest BCUT2D eigenvalue weighted by atomic mass is 9.83. The summed E-state index contributed by atoms with van der Waals surface area (Å²) in [5.74, 6) is 0.276. The maximum absolute atomic E-state index is 13.6. The molecule has 9 heteroatoms. The molecule has 10 atom stereocenters. The van der Waals surface area contributed by atoms with Crippen molar-refractivity contribution in [3.63, 3.8) is 0 Å². The zero-order valence-electron chi connectivity index (χ0n) is 30.7. The first-order valence-electron chi connectivity index (χ1n) is 18.8. The molecule has 0 spiro atoms. The Kier molecular flexibility index (Phi) is 15.7. The van der Waals surface area contributed by atoms with Crippen LogP contribution in [0, 0.1) is 23.7 Å². The van der Waals surface area contributed by atoms with E-state index >= 15 is 0 Å². The fourth-order valence-corrected chi connectivity index (χ4v) is 9.78. The van der Waals surface area contributed by atoms with E-state index in [1.807, 2.05) is 12.1 Å². The number of hydrogen-bond donors (Lipinski definition) is 1. The molecule has 3 aliphatic heterocycles. The molecule has 7 nitrogen and oxygen atoms in total. The van der Waals surface area contributed by atoms with E-state index in [1.54, 1.807) is 12.1 Å². The van der Waals surface area contributed by atoms with Gasteiger partial charge in [-0.15, -0.1) is 11.6 Å². The molecule has 0 aromatic heterocycles. The molecule has 3 heterocycles. The molecule has 0 radical (unpaired) electrons. The summed E-state index contributed by atoms with van der Waals surface area (Å²) in [5, 5.41) is 11.3. The van der Waals surface area contributed by atoms with Crippen LogP contribution in [-0.2, 0) is 35.2 Å². The Balaban J connectivity index is 1.29. The normalized spacial score (nSPS) is 29.2. The van der Waals surface area contributed by atoms with Crippen LogP contribution in [0.4, 0.5) is 0 Å². The summed E-state index contributed by atoms with van der Waals surface area (Å²) >= 11 is 6.86. The molecule has 3 fully saturated rings. The van der Waals surface area contributed by atoms with E-state index < -0.39 is 15.9 Å². The van der Waals surface area contributed by atoms with Gasteiger partial charge >= 0.3 is 0 Å². The lowest BCUT2D eigenvalue weighted by Crippen LogP contribution is -2.32. The Labute approximate surface area is 302 Å². The number of halogens is 1. The SMILES string of the molecule is C=C([C@H](C)C[C@@H](Cl)CC[C@@H]1O[C@@H](CCC2OCCCO2)CC1=C)[C@H](O)C[C@@H]1O[C@H](C[C@H](C)CC)[C@H](C)[C@H]1CS(=O)(=O)c1ccc(CC)cc1. The minimum absolute atomic E-state index is 0.00264. The molecular formula is C40H63ClO7S. The van der Waals surface area contributed by atoms with Crippen LogP contribution in [0.15, 0.2) is 53.5 Å². The third kappa shape index (κ3) is 11.6. The molecule has 4 rings (SSSR count). The second kappa shape index (κ2) is 19.0. The molecule has 3 saturated heterocycles. The van der Waals surface area contributed by atoms with Crippen LogP contribution in [0.25, 0.3) is 0 Å². The topological polar surface area (TPSA) is 91.3 Å². The number of aliphatic hydroxyl groups excluding tert-OH is 1. The number of alkyl halides is 1. The van der Waals surface area contributed by atoms with Gasteiger partial charge in [-0.2, -0.15) is 0 Å². The third-order valence-electron chi connectivity index (χ3n) is 11.3. The molecule has 1 aromatic rings. The summed E-state index contributed by atoms with van der Waals surface area (Å²) in [5.41, 5.74) is 2.95. The van der Waals surface area contributed by atoms with Crippen LogP contribution in [0.2, 0.25) is 0 Å². The first-order valence-corrected chi connectivity index (χ1v) is 20.9. The average Bonchev–Trinajstić information content (AvgIpc) is 3.59. The standard InChI is InChI=1S/C40H63ClO7S/c1-8-26(3)21-38-30(7)35(25-49(43,44)34-15-11-31(9-2)12-16-34)39(48-38)24-36(42)29(6)27(4)22-32(41)13-17-37-28(5)23-33(47-37)14-18-40-45-19-10-20-46-40/h11-12,15-16,26-27,30,32-33,35-40,42H,5-6,8-10,13-14,17-25H2,1-4,7H3/t26-,27-,30-,32+,33+,35-,36-,37+,38-,39+/m1/s1. The van der Waals surface area contributed by atoms with E-state index in [0.29, 0.717) is 23.7 Å². The van der Waals surface area contributed by atoms with Crippen molar-refractivity contribution >= 4 is 21.4 Å². The number of benzene rings is 1. The molecule has 0 amide bonds. The fourth-order valence-electron chi connectivity index (χ4n) is 7.62. The van der Waals surface area contributed by atoms with Crippen LogP contribution >= 0.6 is 11.6 Å². The predicted molar refractivity (Wildman–Crippen MR) is 198 cm³/mol. The first kappa shape index (κ1) is 40.5. The van der Waals surface area contributed by atoms with Gasteiger partial charge in [0.25, 0.3) is 0 Å². The monoisotopic (exact) mass is 722 g/mol. The minimum Gasteiger partial charge on any atom is -0.389 e. The van der Waals surface area contributed by atoms with E-state index in [0.717, 1.165) is 87.7 Å². The van der Waals surface area contributed by atoms with Crippen molar-refractivity contribution in [2.45, 2.75) is 152 Å². The van der Waals surface area contributed by atoms with E-state index in [2.05, 4.69) is 47.8 Å². The van der Waals surface area contributed by atoms with Crippen LogP contribution in [0.5, 0.6) is 0 Å². The summed E-state index contributed by atoms with van der Waals surface area (Å²) in [6.45, 7) is 20.7. The maximum atomic E-state index is 13.6. The first-order chi connectivity index (χ1) is 23.3.